The lowest BCUT2D eigenvalue weighted by atomic mass is 10.00. The second-order valence-electron chi connectivity index (χ2n) is 25.6. The highest BCUT2D eigenvalue weighted by molar-refractivity contribution is 7.47. The maximum atomic E-state index is 13.0. The molecule has 0 radical (unpaired) electrons. The summed E-state index contributed by atoms with van der Waals surface area (Å²) >= 11 is 0. The highest BCUT2D eigenvalue weighted by Crippen LogP contribution is 2.45. The van der Waals surface area contributed by atoms with E-state index in [1.807, 2.05) is 0 Å². The van der Waals surface area contributed by atoms with Gasteiger partial charge in [-0.3, -0.25) is 37.3 Å². The van der Waals surface area contributed by atoms with Crippen molar-refractivity contribution >= 4 is 39.5 Å². The first kappa shape index (κ1) is 86.1. The van der Waals surface area contributed by atoms with E-state index in [4.69, 9.17) is 37.0 Å². The van der Waals surface area contributed by atoms with Crippen LogP contribution in [0.15, 0.2) is 0 Å². The molecule has 0 aromatic carbocycles. The Hall–Kier alpha value is -1.94. The van der Waals surface area contributed by atoms with Gasteiger partial charge in [0, 0.05) is 25.7 Å². The molecule has 0 fully saturated rings. The van der Waals surface area contributed by atoms with E-state index >= 15 is 0 Å². The minimum Gasteiger partial charge on any atom is -0.462 e. The van der Waals surface area contributed by atoms with Gasteiger partial charge < -0.3 is 33.8 Å². The quantitative estimate of drug-likeness (QED) is 0.0222. The van der Waals surface area contributed by atoms with Gasteiger partial charge in [-0.15, -0.1) is 0 Å². The number of unbranched alkanes of at least 4 members (excludes halogenated alkanes) is 37. The van der Waals surface area contributed by atoms with Crippen molar-refractivity contribution < 1.29 is 80.2 Å². The van der Waals surface area contributed by atoms with Crippen molar-refractivity contribution in [2.45, 2.75) is 368 Å². The third-order valence-electron chi connectivity index (χ3n) is 16.3. The van der Waals surface area contributed by atoms with E-state index in [1.165, 1.54) is 161 Å². The molecule has 0 aliphatic heterocycles. The second-order valence-corrected chi connectivity index (χ2v) is 28.5. The van der Waals surface area contributed by atoms with Crippen molar-refractivity contribution in [3.63, 3.8) is 0 Å². The summed E-state index contributed by atoms with van der Waals surface area (Å²) in [6, 6.07) is 0. The fourth-order valence-electron chi connectivity index (χ4n) is 10.4. The second kappa shape index (κ2) is 61.3. The number of carbonyl (C=O) groups is 4. The molecule has 88 heavy (non-hydrogen) atoms. The summed E-state index contributed by atoms with van der Waals surface area (Å²) in [5, 5.41) is 10.6. The van der Waals surface area contributed by atoms with E-state index in [0.29, 0.717) is 25.7 Å². The lowest BCUT2D eigenvalue weighted by Gasteiger charge is -2.21. The van der Waals surface area contributed by atoms with Gasteiger partial charge in [-0.25, -0.2) is 9.13 Å². The number of carbonyl (C=O) groups excluding carboxylic acids is 4. The van der Waals surface area contributed by atoms with Crippen molar-refractivity contribution in [1.82, 2.24) is 0 Å². The Kier molecular flexibility index (Phi) is 59.9. The molecule has 3 N–H and O–H groups in total. The molecule has 0 aliphatic carbocycles. The summed E-state index contributed by atoms with van der Waals surface area (Å²) in [5.41, 5.74) is 0. The van der Waals surface area contributed by atoms with Crippen molar-refractivity contribution in [1.29, 1.82) is 0 Å². The van der Waals surface area contributed by atoms with E-state index in [-0.39, 0.29) is 25.7 Å². The molecule has 0 spiro atoms. The highest BCUT2D eigenvalue weighted by Gasteiger charge is 2.30. The van der Waals surface area contributed by atoms with Gasteiger partial charge in [-0.1, -0.05) is 298 Å². The highest BCUT2D eigenvalue weighted by atomic mass is 31.2. The summed E-state index contributed by atoms with van der Waals surface area (Å²) < 4.78 is 68.1. The molecule has 0 saturated heterocycles. The molecule has 0 aromatic rings. The molecule has 0 bridgehead atoms. The standard InChI is InChI=1S/C69H134O17P2/c1-7-10-12-14-16-18-19-20-21-22-23-24-25-26-29-34-41-47-53-68(73)85-64(57-80-67(72)52-46-40-33-30-27-28-31-37-43-49-61(4)5)59-83-87(75,76)81-55-63(70)56-82-88(77,78)84-60-65(58-79-66(71)51-45-39-32-17-15-13-11-8-2)86-69(74)54-48-42-36-35-38-44-50-62(6)9-3/h61-65,70H,7-60H2,1-6H3,(H,75,76)(H,77,78)/t62?,63-,64-,65-/m1/s1. The smallest absolute Gasteiger partial charge is 0.462 e. The van der Waals surface area contributed by atoms with Crippen LogP contribution in [0.2, 0.25) is 0 Å². The minimum atomic E-state index is -4.95. The number of aliphatic hydroxyl groups is 1. The summed E-state index contributed by atoms with van der Waals surface area (Å²) in [6.07, 6.45) is 46.0. The van der Waals surface area contributed by atoms with Crippen LogP contribution in [0.5, 0.6) is 0 Å². The fraction of sp³-hybridized carbons (Fsp3) is 0.942. The molecule has 0 saturated carbocycles. The zero-order valence-corrected chi connectivity index (χ0v) is 58.8. The zero-order chi connectivity index (χ0) is 65.0. The van der Waals surface area contributed by atoms with Gasteiger partial charge in [0.1, 0.15) is 19.3 Å². The molecule has 19 heteroatoms. The van der Waals surface area contributed by atoms with Gasteiger partial charge in [0.05, 0.1) is 26.4 Å². The topological polar surface area (TPSA) is 237 Å². The van der Waals surface area contributed by atoms with Crippen molar-refractivity contribution in [2.24, 2.45) is 11.8 Å². The Morgan fingerprint density at radius 3 is 0.864 bits per heavy atom. The summed E-state index contributed by atoms with van der Waals surface area (Å²) in [6.45, 7) is 9.44. The Bertz CT molecular complexity index is 1720. The van der Waals surface area contributed by atoms with Gasteiger partial charge in [0.15, 0.2) is 12.2 Å². The summed E-state index contributed by atoms with van der Waals surface area (Å²) in [7, 11) is -9.89. The SMILES string of the molecule is CCCCCCCCCCCCCCCCCCCCC(=O)O[C@H](COC(=O)CCCCCCCCCCCC(C)C)COP(=O)(O)OC[C@@H](O)COP(=O)(O)OC[C@@H](COC(=O)CCCCCCCCCC)OC(=O)CCCCCCCCC(C)CC. The Morgan fingerprint density at radius 2 is 0.580 bits per heavy atom. The van der Waals surface area contributed by atoms with Gasteiger partial charge in [0.25, 0.3) is 0 Å². The van der Waals surface area contributed by atoms with Crippen molar-refractivity contribution in [3.8, 4) is 0 Å². The maximum absolute atomic E-state index is 13.0. The fourth-order valence-corrected chi connectivity index (χ4v) is 12.0. The number of hydrogen-bond acceptors (Lipinski definition) is 15. The molecule has 0 heterocycles. The molecular formula is C69H134O17P2. The van der Waals surface area contributed by atoms with Crippen LogP contribution >= 0.6 is 15.6 Å². The van der Waals surface area contributed by atoms with Crippen LogP contribution in [0, 0.1) is 11.8 Å². The normalized spacial score (nSPS) is 14.5. The van der Waals surface area contributed by atoms with Crippen LogP contribution < -0.4 is 0 Å². The molecule has 0 aromatic heterocycles. The van der Waals surface area contributed by atoms with Crippen LogP contribution in [0.25, 0.3) is 0 Å². The minimum absolute atomic E-state index is 0.103. The predicted octanol–water partition coefficient (Wildman–Crippen LogP) is 19.6. The number of esters is 4. The van der Waals surface area contributed by atoms with Crippen LogP contribution in [0.4, 0.5) is 0 Å². The first-order valence-electron chi connectivity index (χ1n) is 36.0. The van der Waals surface area contributed by atoms with Crippen LogP contribution in [-0.4, -0.2) is 96.7 Å². The lowest BCUT2D eigenvalue weighted by molar-refractivity contribution is -0.161. The van der Waals surface area contributed by atoms with E-state index in [2.05, 4.69) is 41.5 Å². The lowest BCUT2D eigenvalue weighted by Crippen LogP contribution is -2.30. The maximum Gasteiger partial charge on any atom is 0.472 e. The van der Waals surface area contributed by atoms with Gasteiger partial charge in [-0.05, 0) is 37.5 Å². The van der Waals surface area contributed by atoms with E-state index in [1.54, 1.807) is 0 Å². The molecule has 6 atom stereocenters. The number of hydrogen-bond donors (Lipinski definition) is 3. The average molecular weight is 1300 g/mol. The molecule has 3 unspecified atom stereocenters. The Balaban J connectivity index is 5.20. The van der Waals surface area contributed by atoms with Crippen LogP contribution in [0.1, 0.15) is 350 Å². The Labute approximate surface area is 537 Å². The van der Waals surface area contributed by atoms with Crippen LogP contribution in [-0.2, 0) is 65.4 Å². The van der Waals surface area contributed by atoms with Crippen molar-refractivity contribution in [2.75, 3.05) is 39.6 Å². The van der Waals surface area contributed by atoms with E-state index < -0.39 is 97.5 Å². The third kappa shape index (κ3) is 61.6. The largest absolute Gasteiger partial charge is 0.472 e. The number of phosphoric ester groups is 2. The molecule has 0 aliphatic rings. The number of ether oxygens (including phenoxy) is 4. The predicted molar refractivity (Wildman–Crippen MR) is 354 cm³/mol. The van der Waals surface area contributed by atoms with Gasteiger partial charge in [-0.2, -0.15) is 0 Å². The number of phosphoric acid groups is 2. The monoisotopic (exact) mass is 1300 g/mol. The third-order valence-corrected chi connectivity index (χ3v) is 18.2. The molecule has 0 rings (SSSR count). The average Bonchev–Trinajstić information content (AvgIpc) is 3.61. The first-order valence-corrected chi connectivity index (χ1v) is 39.0. The summed E-state index contributed by atoms with van der Waals surface area (Å²) in [5.74, 6) is -0.667. The molecule has 522 valence electrons. The number of aliphatic hydroxyl groups excluding tert-OH is 1. The van der Waals surface area contributed by atoms with E-state index in [9.17, 15) is 43.2 Å². The number of rotatable bonds is 68. The van der Waals surface area contributed by atoms with Gasteiger partial charge >= 0.3 is 39.5 Å². The van der Waals surface area contributed by atoms with E-state index in [0.717, 1.165) is 108 Å². The molecular weight excluding hydrogens is 1160 g/mol. The zero-order valence-electron chi connectivity index (χ0n) is 57.0. The molecule has 0 amide bonds. The summed E-state index contributed by atoms with van der Waals surface area (Å²) in [4.78, 5) is 72.4. The Morgan fingerprint density at radius 1 is 0.330 bits per heavy atom. The van der Waals surface area contributed by atoms with Gasteiger partial charge in [0.2, 0.25) is 0 Å². The van der Waals surface area contributed by atoms with Crippen LogP contribution in [0.3, 0.4) is 0 Å². The first-order chi connectivity index (χ1) is 42.4. The van der Waals surface area contributed by atoms with Crippen molar-refractivity contribution in [3.05, 3.63) is 0 Å². The molecule has 17 nitrogen and oxygen atoms in total.